The highest BCUT2D eigenvalue weighted by molar-refractivity contribution is 9.09. The number of nitrogens with zero attached hydrogens (tertiary/aromatic N) is 1. The second kappa shape index (κ2) is 4.27. The summed E-state index contributed by atoms with van der Waals surface area (Å²) in [5, 5.41) is 9.47. The van der Waals surface area contributed by atoms with Gasteiger partial charge in [0.2, 0.25) is 0 Å². The second-order valence-corrected chi connectivity index (χ2v) is 3.29. The van der Waals surface area contributed by atoms with Crippen LogP contribution in [0.3, 0.4) is 0 Å². The maximum Gasteiger partial charge on any atom is 0.417 e. The summed E-state index contributed by atoms with van der Waals surface area (Å²) in [5.41, 5.74) is -0.599. The van der Waals surface area contributed by atoms with E-state index in [0.29, 0.717) is 6.20 Å². The van der Waals surface area contributed by atoms with Gasteiger partial charge in [-0.15, -0.1) is 0 Å². The van der Waals surface area contributed by atoms with E-state index >= 15 is 0 Å². The number of aliphatic hydroxyl groups is 1. The predicted octanol–water partition coefficient (Wildman–Crippen LogP) is 2.53. The molecule has 1 atom stereocenters. The summed E-state index contributed by atoms with van der Waals surface area (Å²) in [7, 11) is 0. The fourth-order valence-electron chi connectivity index (χ4n) is 0.849. The number of hydrogen-bond acceptors (Lipinski definition) is 2. The predicted molar refractivity (Wildman–Crippen MR) is 48.0 cm³/mol. The van der Waals surface area contributed by atoms with E-state index < -0.39 is 17.8 Å². The van der Waals surface area contributed by atoms with Crippen LogP contribution in [-0.4, -0.2) is 15.4 Å². The van der Waals surface area contributed by atoms with E-state index in [-0.39, 0.29) is 11.0 Å². The van der Waals surface area contributed by atoms with Gasteiger partial charge in [-0.05, 0) is 12.1 Å². The molecule has 0 aliphatic carbocycles. The summed E-state index contributed by atoms with van der Waals surface area (Å²) in [5.74, 6) is 0. The molecule has 1 rings (SSSR count). The van der Waals surface area contributed by atoms with Crippen molar-refractivity contribution in [3.8, 4) is 0 Å². The first kappa shape index (κ1) is 11.5. The van der Waals surface area contributed by atoms with Crippen LogP contribution in [0.25, 0.3) is 0 Å². The summed E-state index contributed by atoms with van der Waals surface area (Å²) >= 11 is 3.00. The van der Waals surface area contributed by atoms with E-state index in [9.17, 15) is 18.3 Å². The molecule has 0 saturated carbocycles. The quantitative estimate of drug-likeness (QED) is 0.838. The third-order valence-corrected chi connectivity index (χ3v) is 2.21. The topological polar surface area (TPSA) is 33.1 Å². The molecule has 1 unspecified atom stereocenters. The van der Waals surface area contributed by atoms with Gasteiger partial charge < -0.3 is 5.11 Å². The van der Waals surface area contributed by atoms with Crippen LogP contribution in [0.4, 0.5) is 13.2 Å². The van der Waals surface area contributed by atoms with Crippen molar-refractivity contribution in [2.45, 2.75) is 12.3 Å². The largest absolute Gasteiger partial charge is 0.417 e. The van der Waals surface area contributed by atoms with Gasteiger partial charge >= 0.3 is 6.18 Å². The first-order valence-electron chi connectivity index (χ1n) is 3.72. The van der Waals surface area contributed by atoms with Crippen LogP contribution in [0.15, 0.2) is 18.3 Å². The lowest BCUT2D eigenvalue weighted by atomic mass is 10.2. The zero-order chi connectivity index (χ0) is 10.8. The molecule has 0 spiro atoms. The molecular weight excluding hydrogens is 263 g/mol. The third-order valence-electron chi connectivity index (χ3n) is 1.60. The summed E-state index contributed by atoms with van der Waals surface area (Å²) in [6.45, 7) is 0. The van der Waals surface area contributed by atoms with Gasteiger partial charge in [0.15, 0.2) is 0 Å². The smallest absolute Gasteiger partial charge is 0.386 e. The van der Waals surface area contributed by atoms with Crippen LogP contribution in [-0.2, 0) is 6.18 Å². The Morgan fingerprint density at radius 1 is 1.43 bits per heavy atom. The van der Waals surface area contributed by atoms with Gasteiger partial charge in [0.1, 0.15) is 6.10 Å². The van der Waals surface area contributed by atoms with E-state index in [0.717, 1.165) is 12.1 Å². The lowest BCUT2D eigenvalue weighted by molar-refractivity contribution is -0.137. The minimum Gasteiger partial charge on any atom is -0.386 e. The molecule has 2 nitrogen and oxygen atoms in total. The van der Waals surface area contributed by atoms with Crippen molar-refractivity contribution >= 4 is 15.9 Å². The maximum atomic E-state index is 12.1. The Morgan fingerprint density at radius 2 is 2.07 bits per heavy atom. The van der Waals surface area contributed by atoms with Gasteiger partial charge in [0.25, 0.3) is 0 Å². The average molecular weight is 270 g/mol. The molecule has 0 bridgehead atoms. The van der Waals surface area contributed by atoms with Crippen molar-refractivity contribution < 1.29 is 18.3 Å². The van der Waals surface area contributed by atoms with Crippen LogP contribution in [0.2, 0.25) is 0 Å². The molecule has 0 saturated heterocycles. The highest BCUT2D eigenvalue weighted by atomic mass is 79.9. The van der Waals surface area contributed by atoms with E-state index in [1.54, 1.807) is 0 Å². The van der Waals surface area contributed by atoms with Crippen molar-refractivity contribution in [2.24, 2.45) is 0 Å². The van der Waals surface area contributed by atoms with Crippen molar-refractivity contribution in [1.29, 1.82) is 0 Å². The molecule has 1 heterocycles. The first-order chi connectivity index (χ1) is 6.45. The Hall–Kier alpha value is -0.620. The normalized spacial score (nSPS) is 14.1. The number of aromatic nitrogens is 1. The fourth-order valence-corrected chi connectivity index (χ4v) is 1.18. The van der Waals surface area contributed by atoms with Crippen molar-refractivity contribution in [1.82, 2.24) is 4.98 Å². The highest BCUT2D eigenvalue weighted by Crippen LogP contribution is 2.28. The lowest BCUT2D eigenvalue weighted by Gasteiger charge is -2.09. The Kier molecular flexibility index (Phi) is 3.49. The molecule has 0 aliphatic heterocycles. The molecule has 1 N–H and O–H groups in total. The Morgan fingerprint density at radius 3 is 2.43 bits per heavy atom. The summed E-state index contributed by atoms with van der Waals surface area (Å²) < 4.78 is 36.3. The van der Waals surface area contributed by atoms with Crippen LogP contribution in [0.5, 0.6) is 0 Å². The van der Waals surface area contributed by atoms with E-state index in [1.165, 1.54) is 0 Å². The maximum absolute atomic E-state index is 12.1. The van der Waals surface area contributed by atoms with Crippen molar-refractivity contribution in [3.63, 3.8) is 0 Å². The van der Waals surface area contributed by atoms with E-state index in [2.05, 4.69) is 20.9 Å². The molecular formula is C8H7BrF3NO. The number of pyridine rings is 1. The molecule has 0 aliphatic rings. The molecule has 0 amide bonds. The molecule has 0 fully saturated rings. The standard InChI is InChI=1S/C8H7BrF3NO/c9-3-7(14)6-2-1-5(4-13-6)8(10,11)12/h1-2,4,7,14H,3H2. The Bertz CT molecular complexity index is 298. The van der Waals surface area contributed by atoms with Crippen LogP contribution >= 0.6 is 15.9 Å². The van der Waals surface area contributed by atoms with E-state index in [4.69, 9.17) is 0 Å². The van der Waals surface area contributed by atoms with Gasteiger partial charge in [-0.3, -0.25) is 4.98 Å². The molecule has 0 radical (unpaired) electrons. The molecule has 1 aromatic heterocycles. The van der Waals surface area contributed by atoms with Gasteiger partial charge in [-0.25, -0.2) is 0 Å². The highest BCUT2D eigenvalue weighted by Gasteiger charge is 2.30. The Balaban J connectivity index is 2.89. The number of rotatable bonds is 2. The van der Waals surface area contributed by atoms with Crippen molar-refractivity contribution in [2.75, 3.05) is 5.33 Å². The van der Waals surface area contributed by atoms with Crippen LogP contribution in [0, 0.1) is 0 Å². The molecule has 6 heteroatoms. The third kappa shape index (κ3) is 2.68. The lowest BCUT2D eigenvalue weighted by Crippen LogP contribution is -2.07. The molecule has 0 aromatic carbocycles. The van der Waals surface area contributed by atoms with Crippen LogP contribution in [0.1, 0.15) is 17.4 Å². The second-order valence-electron chi connectivity index (χ2n) is 2.64. The number of hydrogen-bond donors (Lipinski definition) is 1. The zero-order valence-electron chi connectivity index (χ0n) is 6.92. The van der Waals surface area contributed by atoms with Gasteiger partial charge in [-0.2, -0.15) is 13.2 Å². The first-order valence-corrected chi connectivity index (χ1v) is 4.84. The summed E-state index contributed by atoms with van der Waals surface area (Å²) in [6.07, 6.45) is -4.55. The van der Waals surface area contributed by atoms with E-state index in [1.807, 2.05) is 0 Å². The van der Waals surface area contributed by atoms with Gasteiger partial charge in [0.05, 0.1) is 11.3 Å². The van der Waals surface area contributed by atoms with Crippen LogP contribution < -0.4 is 0 Å². The summed E-state index contributed by atoms with van der Waals surface area (Å²) in [6, 6.07) is 2.06. The number of aliphatic hydroxyl groups excluding tert-OH is 1. The minimum absolute atomic E-state index is 0.217. The SMILES string of the molecule is OC(CBr)c1ccc(C(F)(F)F)cn1. The summed E-state index contributed by atoms with van der Waals surface area (Å²) in [4.78, 5) is 3.52. The van der Waals surface area contributed by atoms with Crippen molar-refractivity contribution in [3.05, 3.63) is 29.6 Å². The van der Waals surface area contributed by atoms with Gasteiger partial charge in [0, 0.05) is 11.5 Å². The Labute approximate surface area is 86.9 Å². The fraction of sp³-hybridized carbons (Fsp3) is 0.375. The minimum atomic E-state index is -4.38. The number of alkyl halides is 4. The molecule has 14 heavy (non-hydrogen) atoms. The average Bonchev–Trinajstić information content (AvgIpc) is 2.15. The molecule has 1 aromatic rings. The monoisotopic (exact) mass is 269 g/mol. The number of halogens is 4. The van der Waals surface area contributed by atoms with Gasteiger partial charge in [-0.1, -0.05) is 15.9 Å². The molecule has 78 valence electrons. The zero-order valence-corrected chi connectivity index (χ0v) is 8.51.